The lowest BCUT2D eigenvalue weighted by molar-refractivity contribution is 0.156. The predicted molar refractivity (Wildman–Crippen MR) is 53.0 cm³/mol. The molecule has 1 rings (SSSR count). The largest absolute Gasteiger partial charge is 0.330 e. The minimum absolute atomic E-state index is 0.467. The third-order valence-electron chi connectivity index (χ3n) is 2.92. The van der Waals surface area contributed by atoms with Gasteiger partial charge >= 0.3 is 0 Å². The molecule has 2 nitrogen and oxygen atoms in total. The second-order valence-corrected chi connectivity index (χ2v) is 4.59. The maximum Gasteiger partial charge on any atom is 0.00750 e. The summed E-state index contributed by atoms with van der Waals surface area (Å²) < 4.78 is 0. The molecule has 0 atom stereocenters. The van der Waals surface area contributed by atoms with E-state index < -0.39 is 0 Å². The van der Waals surface area contributed by atoms with Gasteiger partial charge in [-0.2, -0.15) is 0 Å². The van der Waals surface area contributed by atoms with Gasteiger partial charge in [0, 0.05) is 25.0 Å². The van der Waals surface area contributed by atoms with Gasteiger partial charge in [-0.1, -0.05) is 26.7 Å². The van der Waals surface area contributed by atoms with Crippen LogP contribution in [0.15, 0.2) is 0 Å². The highest BCUT2D eigenvalue weighted by Crippen LogP contribution is 2.28. The highest BCUT2D eigenvalue weighted by molar-refractivity contribution is 4.92. The minimum atomic E-state index is 0.467. The average Bonchev–Trinajstić information content (AvgIpc) is 1.94. The van der Waals surface area contributed by atoms with Gasteiger partial charge in [0.15, 0.2) is 0 Å². The minimum Gasteiger partial charge on any atom is -0.330 e. The Hall–Kier alpha value is -0.0800. The number of hydrogen-bond acceptors (Lipinski definition) is 2. The molecule has 0 spiro atoms. The van der Waals surface area contributed by atoms with E-state index in [0.717, 1.165) is 25.6 Å². The van der Waals surface area contributed by atoms with E-state index in [9.17, 15) is 0 Å². The first-order valence-corrected chi connectivity index (χ1v) is 5.09. The summed E-state index contributed by atoms with van der Waals surface area (Å²) >= 11 is 0. The van der Waals surface area contributed by atoms with Crippen LogP contribution in [0, 0.1) is 11.3 Å². The van der Waals surface area contributed by atoms with E-state index in [4.69, 9.17) is 5.73 Å². The van der Waals surface area contributed by atoms with Crippen LogP contribution in [-0.2, 0) is 0 Å². The summed E-state index contributed by atoms with van der Waals surface area (Å²) in [6, 6.07) is 0. The Bertz CT molecular complexity index is 122. The number of nitrogens with two attached hydrogens (primary N) is 1. The molecule has 0 unspecified atom stereocenters. The van der Waals surface area contributed by atoms with Crippen LogP contribution in [0.5, 0.6) is 0 Å². The summed E-state index contributed by atoms with van der Waals surface area (Å²) in [6.07, 6.45) is 4.01. The summed E-state index contributed by atoms with van der Waals surface area (Å²) in [5.41, 5.74) is 6.21. The topological polar surface area (TPSA) is 38.0 Å². The molecule has 0 aromatic carbocycles. The zero-order valence-electron chi connectivity index (χ0n) is 8.40. The van der Waals surface area contributed by atoms with Crippen molar-refractivity contribution in [2.45, 2.75) is 33.1 Å². The highest BCUT2D eigenvalue weighted by atomic mass is 15.0. The summed E-state index contributed by atoms with van der Waals surface area (Å²) in [7, 11) is 0. The SMILES string of the molecule is CC(C)CCCC1(CN)CNC1. The van der Waals surface area contributed by atoms with Crippen molar-refractivity contribution in [1.29, 1.82) is 0 Å². The standard InChI is InChI=1S/C10H22N2/c1-9(2)4-3-5-10(6-11)7-12-8-10/h9,12H,3-8,11H2,1-2H3. The van der Waals surface area contributed by atoms with Gasteiger partial charge < -0.3 is 11.1 Å². The first kappa shape index (κ1) is 10.0. The number of nitrogens with one attached hydrogen (secondary N) is 1. The smallest absolute Gasteiger partial charge is 0.00750 e. The van der Waals surface area contributed by atoms with Gasteiger partial charge in [0.05, 0.1) is 0 Å². The van der Waals surface area contributed by atoms with Crippen LogP contribution in [0.1, 0.15) is 33.1 Å². The van der Waals surface area contributed by atoms with Gasteiger partial charge in [-0.25, -0.2) is 0 Å². The van der Waals surface area contributed by atoms with Crippen molar-refractivity contribution in [3.63, 3.8) is 0 Å². The van der Waals surface area contributed by atoms with Crippen molar-refractivity contribution in [3.05, 3.63) is 0 Å². The fraction of sp³-hybridized carbons (Fsp3) is 1.00. The molecular formula is C10H22N2. The van der Waals surface area contributed by atoms with E-state index in [1.54, 1.807) is 0 Å². The van der Waals surface area contributed by atoms with Crippen LogP contribution in [0.3, 0.4) is 0 Å². The molecule has 3 N–H and O–H groups in total. The maximum absolute atomic E-state index is 5.75. The van der Waals surface area contributed by atoms with Crippen molar-refractivity contribution < 1.29 is 0 Å². The normalized spacial score (nSPS) is 21.0. The van der Waals surface area contributed by atoms with Gasteiger partial charge in [-0.3, -0.25) is 0 Å². The molecule has 72 valence electrons. The first-order chi connectivity index (χ1) is 5.68. The fourth-order valence-electron chi connectivity index (χ4n) is 1.79. The van der Waals surface area contributed by atoms with Gasteiger partial charge in [0.1, 0.15) is 0 Å². The molecule has 0 aliphatic carbocycles. The summed E-state index contributed by atoms with van der Waals surface area (Å²) in [5.74, 6) is 0.841. The second-order valence-electron chi connectivity index (χ2n) is 4.59. The van der Waals surface area contributed by atoms with E-state index in [-0.39, 0.29) is 0 Å². The molecule has 12 heavy (non-hydrogen) atoms. The molecular weight excluding hydrogens is 148 g/mol. The molecule has 0 radical (unpaired) electrons. The lowest BCUT2D eigenvalue weighted by Gasteiger charge is -2.42. The third-order valence-corrected chi connectivity index (χ3v) is 2.92. The van der Waals surface area contributed by atoms with Gasteiger partial charge in [0.25, 0.3) is 0 Å². The zero-order valence-corrected chi connectivity index (χ0v) is 8.40. The molecule has 0 amide bonds. The van der Waals surface area contributed by atoms with Gasteiger partial charge in [-0.05, 0) is 12.3 Å². The van der Waals surface area contributed by atoms with Crippen LogP contribution in [-0.4, -0.2) is 19.6 Å². The Morgan fingerprint density at radius 1 is 1.42 bits per heavy atom. The summed E-state index contributed by atoms with van der Waals surface area (Å²) in [4.78, 5) is 0. The van der Waals surface area contributed by atoms with Crippen molar-refractivity contribution in [3.8, 4) is 0 Å². The molecule has 0 bridgehead atoms. The fourth-order valence-corrected chi connectivity index (χ4v) is 1.79. The van der Waals surface area contributed by atoms with E-state index in [2.05, 4.69) is 19.2 Å². The van der Waals surface area contributed by atoms with Crippen LogP contribution >= 0.6 is 0 Å². The molecule has 1 heterocycles. The molecule has 1 aliphatic rings. The maximum atomic E-state index is 5.75. The Morgan fingerprint density at radius 2 is 2.08 bits per heavy atom. The molecule has 0 saturated carbocycles. The molecule has 2 heteroatoms. The predicted octanol–water partition coefficient (Wildman–Crippen LogP) is 1.36. The average molecular weight is 170 g/mol. The van der Waals surface area contributed by atoms with E-state index >= 15 is 0 Å². The summed E-state index contributed by atoms with van der Waals surface area (Å²) in [5, 5.41) is 3.31. The zero-order chi connectivity index (χ0) is 9.03. The first-order valence-electron chi connectivity index (χ1n) is 5.09. The van der Waals surface area contributed by atoms with Crippen LogP contribution in [0.2, 0.25) is 0 Å². The molecule has 0 aromatic rings. The van der Waals surface area contributed by atoms with Gasteiger partial charge in [0.2, 0.25) is 0 Å². The van der Waals surface area contributed by atoms with Crippen molar-refractivity contribution in [2.75, 3.05) is 19.6 Å². The quantitative estimate of drug-likeness (QED) is 0.654. The Labute approximate surface area is 75.9 Å². The molecule has 1 aliphatic heterocycles. The van der Waals surface area contributed by atoms with E-state index in [1.807, 2.05) is 0 Å². The third kappa shape index (κ3) is 2.46. The summed E-state index contributed by atoms with van der Waals surface area (Å²) in [6.45, 7) is 7.71. The van der Waals surface area contributed by atoms with E-state index in [0.29, 0.717) is 5.41 Å². The Kier molecular flexibility index (Phi) is 3.53. The van der Waals surface area contributed by atoms with Crippen LogP contribution in [0.25, 0.3) is 0 Å². The van der Waals surface area contributed by atoms with Crippen LogP contribution < -0.4 is 11.1 Å². The lowest BCUT2D eigenvalue weighted by atomic mass is 9.77. The number of hydrogen-bond donors (Lipinski definition) is 2. The number of rotatable bonds is 5. The van der Waals surface area contributed by atoms with Crippen molar-refractivity contribution in [2.24, 2.45) is 17.1 Å². The van der Waals surface area contributed by atoms with Crippen molar-refractivity contribution in [1.82, 2.24) is 5.32 Å². The monoisotopic (exact) mass is 170 g/mol. The lowest BCUT2D eigenvalue weighted by Crippen LogP contribution is -2.57. The molecule has 1 saturated heterocycles. The molecule has 1 fully saturated rings. The van der Waals surface area contributed by atoms with Crippen molar-refractivity contribution >= 4 is 0 Å². The molecule has 0 aromatic heterocycles. The van der Waals surface area contributed by atoms with Crippen LogP contribution in [0.4, 0.5) is 0 Å². The second kappa shape index (κ2) is 4.24. The highest BCUT2D eigenvalue weighted by Gasteiger charge is 2.34. The van der Waals surface area contributed by atoms with Gasteiger partial charge in [-0.15, -0.1) is 0 Å². The Balaban J connectivity index is 2.12. The van der Waals surface area contributed by atoms with E-state index in [1.165, 1.54) is 19.3 Å². The Morgan fingerprint density at radius 3 is 2.42 bits per heavy atom.